The average Bonchev–Trinajstić information content (AvgIpc) is 2.39. The molecule has 0 radical (unpaired) electrons. The summed E-state index contributed by atoms with van der Waals surface area (Å²) >= 11 is 3.59. The Hall–Kier alpha value is -0.250. The fourth-order valence-electron chi connectivity index (χ4n) is 2.65. The van der Waals surface area contributed by atoms with Gasteiger partial charge in [-0.15, -0.1) is 12.4 Å². The largest absolute Gasteiger partial charge is 0.497 e. The second kappa shape index (κ2) is 7.37. The van der Waals surface area contributed by atoms with Gasteiger partial charge in [-0.3, -0.25) is 0 Å². The fourth-order valence-corrected chi connectivity index (χ4v) is 3.16. The lowest BCUT2D eigenvalue weighted by atomic mass is 9.81. The molecule has 1 saturated carbocycles. The van der Waals surface area contributed by atoms with E-state index in [0.717, 1.165) is 10.2 Å². The summed E-state index contributed by atoms with van der Waals surface area (Å²) in [6.07, 6.45) is 6.51. The SMILES string of the molecule is COc1ccc(Br)c([C@@H](N)C2CCCCC2)c1.Cl. The van der Waals surface area contributed by atoms with Gasteiger partial charge in [0.25, 0.3) is 0 Å². The van der Waals surface area contributed by atoms with Gasteiger partial charge < -0.3 is 10.5 Å². The van der Waals surface area contributed by atoms with Crippen LogP contribution in [0.25, 0.3) is 0 Å². The molecule has 1 aliphatic carbocycles. The van der Waals surface area contributed by atoms with Gasteiger partial charge in [0.1, 0.15) is 5.75 Å². The van der Waals surface area contributed by atoms with E-state index in [2.05, 4.69) is 22.0 Å². The van der Waals surface area contributed by atoms with Crippen molar-refractivity contribution in [2.75, 3.05) is 7.11 Å². The van der Waals surface area contributed by atoms with Crippen LogP contribution in [0.2, 0.25) is 0 Å². The lowest BCUT2D eigenvalue weighted by molar-refractivity contribution is 0.307. The monoisotopic (exact) mass is 333 g/mol. The Morgan fingerprint density at radius 3 is 2.56 bits per heavy atom. The van der Waals surface area contributed by atoms with E-state index in [-0.39, 0.29) is 18.4 Å². The molecule has 0 saturated heterocycles. The van der Waals surface area contributed by atoms with E-state index in [9.17, 15) is 0 Å². The first-order valence-corrected chi connectivity index (χ1v) is 7.10. The van der Waals surface area contributed by atoms with Gasteiger partial charge in [-0.2, -0.15) is 0 Å². The third-order valence-electron chi connectivity index (χ3n) is 3.72. The third-order valence-corrected chi connectivity index (χ3v) is 4.44. The van der Waals surface area contributed by atoms with Gasteiger partial charge >= 0.3 is 0 Å². The summed E-state index contributed by atoms with van der Waals surface area (Å²) in [5.41, 5.74) is 7.59. The summed E-state index contributed by atoms with van der Waals surface area (Å²) in [5, 5.41) is 0. The van der Waals surface area contributed by atoms with Crippen LogP contribution in [0, 0.1) is 5.92 Å². The van der Waals surface area contributed by atoms with Gasteiger partial charge in [-0.25, -0.2) is 0 Å². The highest BCUT2D eigenvalue weighted by Gasteiger charge is 2.23. The molecule has 0 bridgehead atoms. The fraction of sp³-hybridized carbons (Fsp3) is 0.571. The molecule has 1 aromatic rings. The molecule has 0 aromatic heterocycles. The maximum Gasteiger partial charge on any atom is 0.119 e. The normalized spacial score (nSPS) is 17.9. The summed E-state index contributed by atoms with van der Waals surface area (Å²) in [4.78, 5) is 0. The zero-order chi connectivity index (χ0) is 12.3. The summed E-state index contributed by atoms with van der Waals surface area (Å²) in [5.74, 6) is 1.50. The van der Waals surface area contributed by atoms with Gasteiger partial charge in [0.2, 0.25) is 0 Å². The Balaban J connectivity index is 0.00000162. The minimum absolute atomic E-state index is 0. The minimum Gasteiger partial charge on any atom is -0.497 e. The highest BCUT2D eigenvalue weighted by atomic mass is 79.9. The zero-order valence-electron chi connectivity index (χ0n) is 10.7. The Morgan fingerprint density at radius 1 is 1.28 bits per heavy atom. The van der Waals surface area contributed by atoms with Gasteiger partial charge in [0.05, 0.1) is 7.11 Å². The molecule has 4 heteroatoms. The van der Waals surface area contributed by atoms with Crippen LogP contribution in [0.5, 0.6) is 5.75 Å². The van der Waals surface area contributed by atoms with Crippen LogP contribution in [-0.2, 0) is 0 Å². The van der Waals surface area contributed by atoms with Crippen molar-refractivity contribution in [2.45, 2.75) is 38.1 Å². The minimum atomic E-state index is 0. The van der Waals surface area contributed by atoms with Crippen molar-refractivity contribution in [3.05, 3.63) is 28.2 Å². The van der Waals surface area contributed by atoms with E-state index in [4.69, 9.17) is 10.5 Å². The highest BCUT2D eigenvalue weighted by molar-refractivity contribution is 9.10. The standard InChI is InChI=1S/C14H20BrNO.ClH/c1-17-11-7-8-13(15)12(9-11)14(16)10-5-3-2-4-6-10;/h7-10,14H,2-6,16H2,1H3;1H/t14-;/m0./s1. The predicted octanol–water partition coefficient (Wildman–Crippen LogP) is 4.46. The van der Waals surface area contributed by atoms with Crippen molar-refractivity contribution in [3.8, 4) is 5.75 Å². The molecule has 0 spiro atoms. The number of benzene rings is 1. The molecular formula is C14H21BrClNO. The van der Waals surface area contributed by atoms with E-state index in [0.29, 0.717) is 5.92 Å². The Morgan fingerprint density at radius 2 is 1.94 bits per heavy atom. The second-order valence-corrected chi connectivity index (χ2v) is 5.67. The number of halogens is 2. The number of hydrogen-bond acceptors (Lipinski definition) is 2. The number of nitrogens with two attached hydrogens (primary N) is 1. The lowest BCUT2D eigenvalue weighted by Crippen LogP contribution is -2.23. The van der Waals surface area contributed by atoms with E-state index in [1.165, 1.54) is 37.7 Å². The molecule has 1 aromatic carbocycles. The van der Waals surface area contributed by atoms with Crippen LogP contribution < -0.4 is 10.5 Å². The molecule has 1 aliphatic rings. The van der Waals surface area contributed by atoms with Crippen LogP contribution in [0.15, 0.2) is 22.7 Å². The first-order valence-electron chi connectivity index (χ1n) is 6.31. The Kier molecular flexibility index (Phi) is 6.47. The molecule has 18 heavy (non-hydrogen) atoms. The summed E-state index contributed by atoms with van der Waals surface area (Å²) < 4.78 is 6.36. The smallest absolute Gasteiger partial charge is 0.119 e. The van der Waals surface area contributed by atoms with Crippen LogP contribution in [0.3, 0.4) is 0 Å². The van der Waals surface area contributed by atoms with Crippen molar-refractivity contribution in [2.24, 2.45) is 11.7 Å². The van der Waals surface area contributed by atoms with Crippen molar-refractivity contribution in [1.29, 1.82) is 0 Å². The second-order valence-electron chi connectivity index (χ2n) is 4.81. The molecule has 0 heterocycles. The summed E-state index contributed by atoms with van der Waals surface area (Å²) in [7, 11) is 1.69. The van der Waals surface area contributed by atoms with Crippen molar-refractivity contribution in [1.82, 2.24) is 0 Å². The maximum atomic E-state index is 6.41. The van der Waals surface area contributed by atoms with Gasteiger partial charge in [-0.1, -0.05) is 35.2 Å². The molecule has 0 amide bonds. The van der Waals surface area contributed by atoms with Crippen molar-refractivity contribution >= 4 is 28.3 Å². The molecule has 2 nitrogen and oxygen atoms in total. The van der Waals surface area contributed by atoms with Crippen LogP contribution in [0.4, 0.5) is 0 Å². The molecule has 0 aliphatic heterocycles. The molecule has 2 N–H and O–H groups in total. The molecule has 0 unspecified atom stereocenters. The van der Waals surface area contributed by atoms with E-state index >= 15 is 0 Å². The van der Waals surface area contributed by atoms with Crippen LogP contribution >= 0.6 is 28.3 Å². The Labute approximate surface area is 124 Å². The number of rotatable bonds is 3. The van der Waals surface area contributed by atoms with Crippen molar-refractivity contribution < 1.29 is 4.74 Å². The van der Waals surface area contributed by atoms with E-state index < -0.39 is 0 Å². The maximum absolute atomic E-state index is 6.41. The van der Waals surface area contributed by atoms with Crippen LogP contribution in [0.1, 0.15) is 43.7 Å². The van der Waals surface area contributed by atoms with E-state index in [1.807, 2.05) is 12.1 Å². The predicted molar refractivity (Wildman–Crippen MR) is 81.4 cm³/mol. The first kappa shape index (κ1) is 15.8. The van der Waals surface area contributed by atoms with Crippen molar-refractivity contribution in [3.63, 3.8) is 0 Å². The molecule has 1 atom stereocenters. The third kappa shape index (κ3) is 3.62. The summed E-state index contributed by atoms with van der Waals surface area (Å²) in [6.45, 7) is 0. The zero-order valence-corrected chi connectivity index (χ0v) is 13.1. The number of methoxy groups -OCH3 is 1. The topological polar surface area (TPSA) is 35.2 Å². The average molecular weight is 335 g/mol. The first-order chi connectivity index (χ1) is 8.22. The highest BCUT2D eigenvalue weighted by Crippen LogP contribution is 2.36. The van der Waals surface area contributed by atoms with E-state index in [1.54, 1.807) is 7.11 Å². The molecule has 1 fully saturated rings. The van der Waals surface area contributed by atoms with Crippen LogP contribution in [-0.4, -0.2) is 7.11 Å². The van der Waals surface area contributed by atoms with Gasteiger partial charge in [-0.05, 0) is 42.5 Å². The molecule has 102 valence electrons. The van der Waals surface area contributed by atoms with Gasteiger partial charge in [0.15, 0.2) is 0 Å². The quantitative estimate of drug-likeness (QED) is 0.885. The number of hydrogen-bond donors (Lipinski definition) is 1. The lowest BCUT2D eigenvalue weighted by Gasteiger charge is -2.28. The van der Waals surface area contributed by atoms with Gasteiger partial charge in [0, 0.05) is 10.5 Å². The summed E-state index contributed by atoms with van der Waals surface area (Å²) in [6, 6.07) is 6.17. The number of ether oxygens (including phenoxy) is 1. The molecule has 2 rings (SSSR count). The molecular weight excluding hydrogens is 314 g/mol. The Bertz CT molecular complexity index is 380.